The summed E-state index contributed by atoms with van der Waals surface area (Å²) in [6.45, 7) is 1.47. The zero-order valence-corrected chi connectivity index (χ0v) is 17.3. The van der Waals surface area contributed by atoms with Crippen LogP contribution in [0.15, 0.2) is 42.5 Å². The fraction of sp³-hybridized carbons (Fsp3) is 0.238. The molecule has 0 unspecified atom stereocenters. The third-order valence-electron chi connectivity index (χ3n) is 3.93. The number of nitrogens with one attached hydrogen (secondary N) is 1. The Kier molecular flexibility index (Phi) is 7.91. The second-order valence-corrected chi connectivity index (χ2v) is 6.24. The lowest BCUT2D eigenvalue weighted by Gasteiger charge is -2.13. The Morgan fingerprint density at radius 3 is 2.24 bits per heavy atom. The van der Waals surface area contributed by atoms with Gasteiger partial charge >= 0.3 is 5.97 Å². The summed E-state index contributed by atoms with van der Waals surface area (Å²) in [6, 6.07) is 10.1. The number of hydrogen-bond donors (Lipinski definition) is 1. The summed E-state index contributed by atoms with van der Waals surface area (Å²) in [5.41, 5.74) is 1.02. The molecule has 0 aliphatic carbocycles. The van der Waals surface area contributed by atoms with E-state index in [1.807, 2.05) is 0 Å². The van der Waals surface area contributed by atoms with E-state index in [2.05, 4.69) is 5.32 Å². The maximum atomic E-state index is 12.2. The summed E-state index contributed by atoms with van der Waals surface area (Å²) in [6.07, 6.45) is 1.68. The molecule has 2 rings (SSSR count). The van der Waals surface area contributed by atoms with Crippen molar-refractivity contribution < 1.29 is 28.5 Å². The molecule has 7 nitrogen and oxygen atoms in total. The number of amides is 1. The number of carbonyl (C=O) groups is 2. The second-order valence-electron chi connectivity index (χ2n) is 5.83. The number of ether oxygens (including phenoxy) is 4. The predicted molar refractivity (Wildman–Crippen MR) is 111 cm³/mol. The van der Waals surface area contributed by atoms with Crippen molar-refractivity contribution in [2.45, 2.75) is 13.0 Å². The number of methoxy groups -OCH3 is 3. The Morgan fingerprint density at radius 1 is 1.00 bits per heavy atom. The first-order valence-corrected chi connectivity index (χ1v) is 9.01. The number of hydrogen-bond acceptors (Lipinski definition) is 6. The standard InChI is InChI=1S/C21H22ClNO6/c1-13(21(25)23-16-8-6-5-7-15(16)22)29-20(24)10-9-14-11-18(27-3)19(28-4)12-17(14)26-2/h5-13H,1-4H3,(H,23,25)/b10-9+/t13-/m1/s1. The van der Waals surface area contributed by atoms with Crippen molar-refractivity contribution in [3.63, 3.8) is 0 Å². The van der Waals surface area contributed by atoms with E-state index in [0.717, 1.165) is 0 Å². The minimum atomic E-state index is -1.02. The van der Waals surface area contributed by atoms with Gasteiger partial charge in [-0.2, -0.15) is 0 Å². The van der Waals surface area contributed by atoms with Crippen LogP contribution in [0.3, 0.4) is 0 Å². The van der Waals surface area contributed by atoms with Crippen LogP contribution < -0.4 is 19.5 Å². The average molecular weight is 420 g/mol. The Morgan fingerprint density at radius 2 is 1.62 bits per heavy atom. The van der Waals surface area contributed by atoms with Crippen LogP contribution >= 0.6 is 11.6 Å². The SMILES string of the molecule is COc1cc(OC)c(OC)cc1/C=C/C(=O)O[C@H](C)C(=O)Nc1ccccc1Cl. The van der Waals surface area contributed by atoms with Crippen LogP contribution in [0, 0.1) is 0 Å². The van der Waals surface area contributed by atoms with Crippen molar-refractivity contribution in [1.29, 1.82) is 0 Å². The number of benzene rings is 2. The number of rotatable bonds is 8. The van der Waals surface area contributed by atoms with Gasteiger partial charge in [-0.25, -0.2) is 4.79 Å². The number of anilines is 1. The first-order chi connectivity index (χ1) is 13.9. The molecule has 0 fully saturated rings. The van der Waals surface area contributed by atoms with Gasteiger partial charge in [0.25, 0.3) is 5.91 Å². The van der Waals surface area contributed by atoms with E-state index in [9.17, 15) is 9.59 Å². The van der Waals surface area contributed by atoms with Gasteiger partial charge in [0.05, 0.1) is 32.0 Å². The van der Waals surface area contributed by atoms with E-state index in [1.54, 1.807) is 36.4 Å². The van der Waals surface area contributed by atoms with Crippen molar-refractivity contribution in [3.8, 4) is 17.2 Å². The van der Waals surface area contributed by atoms with E-state index in [4.69, 9.17) is 30.5 Å². The van der Waals surface area contributed by atoms with Crippen LogP contribution in [-0.4, -0.2) is 39.3 Å². The lowest BCUT2D eigenvalue weighted by molar-refractivity contribution is -0.148. The molecule has 0 saturated heterocycles. The van der Waals surface area contributed by atoms with Gasteiger partial charge in [0.15, 0.2) is 17.6 Å². The maximum Gasteiger partial charge on any atom is 0.331 e. The molecule has 154 valence electrons. The van der Waals surface area contributed by atoms with Gasteiger partial charge in [0.1, 0.15) is 5.75 Å². The summed E-state index contributed by atoms with van der Waals surface area (Å²) >= 11 is 6.01. The van der Waals surface area contributed by atoms with Crippen LogP contribution in [0.4, 0.5) is 5.69 Å². The second kappa shape index (κ2) is 10.4. The smallest absolute Gasteiger partial charge is 0.331 e. The van der Waals surface area contributed by atoms with Gasteiger partial charge < -0.3 is 24.3 Å². The summed E-state index contributed by atoms with van der Waals surface area (Å²) in [5, 5.41) is 3.00. The lowest BCUT2D eigenvalue weighted by Crippen LogP contribution is -2.29. The Bertz CT molecular complexity index is 912. The molecule has 0 radical (unpaired) electrons. The van der Waals surface area contributed by atoms with Crippen LogP contribution in [0.25, 0.3) is 6.08 Å². The number of para-hydroxylation sites is 1. The molecule has 0 heterocycles. The van der Waals surface area contributed by atoms with Crippen LogP contribution in [0.1, 0.15) is 12.5 Å². The first-order valence-electron chi connectivity index (χ1n) is 8.63. The normalized spacial score (nSPS) is 11.6. The van der Waals surface area contributed by atoms with Crippen LogP contribution in [-0.2, 0) is 14.3 Å². The molecular weight excluding hydrogens is 398 g/mol. The van der Waals surface area contributed by atoms with E-state index in [-0.39, 0.29) is 0 Å². The highest BCUT2D eigenvalue weighted by atomic mass is 35.5. The molecule has 0 spiro atoms. The summed E-state index contributed by atoms with van der Waals surface area (Å²) in [7, 11) is 4.52. The quantitative estimate of drug-likeness (QED) is 0.515. The summed E-state index contributed by atoms with van der Waals surface area (Å²) in [4.78, 5) is 24.3. The molecule has 0 aliphatic heterocycles. The third-order valence-corrected chi connectivity index (χ3v) is 4.26. The van der Waals surface area contributed by atoms with Gasteiger partial charge in [0, 0.05) is 17.7 Å². The molecule has 0 bridgehead atoms. The van der Waals surface area contributed by atoms with Crippen molar-refractivity contribution in [1.82, 2.24) is 0 Å². The highest BCUT2D eigenvalue weighted by Gasteiger charge is 2.18. The molecule has 0 aromatic heterocycles. The molecular formula is C21H22ClNO6. The topological polar surface area (TPSA) is 83.1 Å². The van der Waals surface area contributed by atoms with Gasteiger partial charge in [-0.1, -0.05) is 23.7 Å². The van der Waals surface area contributed by atoms with Crippen molar-refractivity contribution in [3.05, 3.63) is 53.1 Å². The molecule has 8 heteroatoms. The predicted octanol–water partition coefficient (Wildman–Crippen LogP) is 3.95. The fourth-order valence-corrected chi connectivity index (χ4v) is 2.59. The van der Waals surface area contributed by atoms with E-state index in [0.29, 0.717) is 33.5 Å². The Labute approximate surface area is 174 Å². The highest BCUT2D eigenvalue weighted by Crippen LogP contribution is 2.35. The Hall–Kier alpha value is -3.19. The average Bonchev–Trinajstić information content (AvgIpc) is 2.72. The van der Waals surface area contributed by atoms with Gasteiger partial charge in [-0.3, -0.25) is 4.79 Å². The van der Waals surface area contributed by atoms with Gasteiger partial charge in [-0.15, -0.1) is 0 Å². The molecule has 0 aliphatic rings. The number of esters is 1. The molecule has 1 N–H and O–H groups in total. The molecule has 2 aromatic carbocycles. The van der Waals surface area contributed by atoms with E-state index >= 15 is 0 Å². The van der Waals surface area contributed by atoms with Crippen molar-refractivity contribution in [2.75, 3.05) is 26.6 Å². The van der Waals surface area contributed by atoms with E-state index < -0.39 is 18.0 Å². The maximum absolute atomic E-state index is 12.2. The zero-order chi connectivity index (χ0) is 21.4. The third kappa shape index (κ3) is 5.89. The Balaban J connectivity index is 2.05. The zero-order valence-electron chi connectivity index (χ0n) is 16.5. The first kappa shape index (κ1) is 22.1. The van der Waals surface area contributed by atoms with Crippen molar-refractivity contribution >= 4 is 35.2 Å². The fourth-order valence-electron chi connectivity index (χ4n) is 2.40. The lowest BCUT2D eigenvalue weighted by atomic mass is 10.1. The highest BCUT2D eigenvalue weighted by molar-refractivity contribution is 6.33. The van der Waals surface area contributed by atoms with Gasteiger partial charge in [0.2, 0.25) is 0 Å². The molecule has 2 aromatic rings. The van der Waals surface area contributed by atoms with Crippen molar-refractivity contribution in [2.24, 2.45) is 0 Å². The molecule has 1 amide bonds. The van der Waals surface area contributed by atoms with Crippen LogP contribution in [0.2, 0.25) is 5.02 Å². The number of halogens is 1. The summed E-state index contributed by atoms with van der Waals surface area (Å²) < 4.78 is 20.9. The molecule has 29 heavy (non-hydrogen) atoms. The molecule has 1 atom stereocenters. The van der Waals surface area contributed by atoms with E-state index in [1.165, 1.54) is 40.4 Å². The minimum Gasteiger partial charge on any atom is -0.496 e. The largest absolute Gasteiger partial charge is 0.496 e. The minimum absolute atomic E-state index is 0.389. The number of carbonyl (C=O) groups excluding carboxylic acids is 2. The van der Waals surface area contributed by atoms with Gasteiger partial charge in [-0.05, 0) is 31.2 Å². The van der Waals surface area contributed by atoms with Crippen LogP contribution in [0.5, 0.6) is 17.2 Å². The summed E-state index contributed by atoms with van der Waals surface area (Å²) in [5.74, 6) is 0.270. The monoisotopic (exact) mass is 419 g/mol. The molecule has 0 saturated carbocycles.